The van der Waals surface area contributed by atoms with Crippen LogP contribution in [0, 0.1) is 0 Å². The van der Waals surface area contributed by atoms with Gasteiger partial charge in [-0.25, -0.2) is 0 Å². The summed E-state index contributed by atoms with van der Waals surface area (Å²) < 4.78 is 1.32. The average molecular weight is 267 g/mol. The number of likely N-dealkylation sites (N-methyl/N-ethyl adjacent to an activating group) is 1. The first kappa shape index (κ1) is 12.8. The van der Waals surface area contributed by atoms with Crippen LogP contribution < -0.4 is 10.6 Å². The van der Waals surface area contributed by atoms with Crippen molar-refractivity contribution in [3.05, 3.63) is 20.3 Å². The lowest BCUT2D eigenvalue weighted by Crippen LogP contribution is -2.32. The molecule has 0 aliphatic heterocycles. The van der Waals surface area contributed by atoms with Gasteiger partial charge in [-0.15, -0.1) is 11.3 Å². The second kappa shape index (κ2) is 5.70. The molecule has 1 aromatic rings. The summed E-state index contributed by atoms with van der Waals surface area (Å²) in [4.78, 5) is 11.0. The van der Waals surface area contributed by atoms with E-state index in [2.05, 4.69) is 10.6 Å². The molecule has 84 valence electrons. The molecule has 0 saturated heterocycles. The van der Waals surface area contributed by atoms with Crippen LogP contribution in [-0.2, 0) is 4.79 Å². The fourth-order valence-corrected chi connectivity index (χ4v) is 2.74. The van der Waals surface area contributed by atoms with E-state index in [1.165, 1.54) is 11.3 Å². The van der Waals surface area contributed by atoms with Crippen LogP contribution in [0.5, 0.6) is 0 Å². The van der Waals surface area contributed by atoms with Crippen molar-refractivity contribution in [2.75, 3.05) is 13.6 Å². The lowest BCUT2D eigenvalue weighted by molar-refractivity contribution is -0.119. The molecule has 1 atom stereocenters. The van der Waals surface area contributed by atoms with Gasteiger partial charge in [0, 0.05) is 13.1 Å². The zero-order valence-electron chi connectivity index (χ0n) is 8.43. The summed E-state index contributed by atoms with van der Waals surface area (Å²) in [5.41, 5.74) is 0.926. The molecule has 1 aromatic heterocycles. The molecule has 1 rings (SSSR count). The number of thiophene rings is 1. The molecule has 1 unspecified atom stereocenters. The molecule has 15 heavy (non-hydrogen) atoms. The second-order valence-electron chi connectivity index (χ2n) is 3.06. The number of rotatable bonds is 4. The molecule has 0 aromatic carbocycles. The molecule has 1 heterocycles. The zero-order chi connectivity index (χ0) is 11.4. The van der Waals surface area contributed by atoms with Crippen LogP contribution in [0.2, 0.25) is 8.67 Å². The highest BCUT2D eigenvalue weighted by Gasteiger charge is 2.13. The maximum atomic E-state index is 11.0. The van der Waals surface area contributed by atoms with E-state index < -0.39 is 0 Å². The van der Waals surface area contributed by atoms with Gasteiger partial charge in [-0.2, -0.15) is 0 Å². The van der Waals surface area contributed by atoms with E-state index in [1.54, 1.807) is 7.05 Å². The highest BCUT2D eigenvalue weighted by atomic mass is 35.5. The molecule has 0 radical (unpaired) electrons. The molecule has 0 spiro atoms. The van der Waals surface area contributed by atoms with Gasteiger partial charge in [-0.3, -0.25) is 4.79 Å². The Morgan fingerprint density at radius 1 is 1.60 bits per heavy atom. The minimum atomic E-state index is -0.0562. The van der Waals surface area contributed by atoms with E-state index >= 15 is 0 Å². The van der Waals surface area contributed by atoms with Crippen LogP contribution in [0.3, 0.4) is 0 Å². The van der Waals surface area contributed by atoms with Crippen molar-refractivity contribution >= 4 is 40.4 Å². The lowest BCUT2D eigenvalue weighted by atomic mass is 10.2. The van der Waals surface area contributed by atoms with Crippen molar-refractivity contribution in [1.29, 1.82) is 0 Å². The van der Waals surface area contributed by atoms with Crippen LogP contribution in [0.15, 0.2) is 6.07 Å². The molecule has 0 aliphatic carbocycles. The van der Waals surface area contributed by atoms with Gasteiger partial charge in [0.15, 0.2) is 0 Å². The van der Waals surface area contributed by atoms with Crippen molar-refractivity contribution in [1.82, 2.24) is 10.6 Å². The number of amides is 1. The van der Waals surface area contributed by atoms with Crippen molar-refractivity contribution in [2.24, 2.45) is 0 Å². The van der Waals surface area contributed by atoms with Crippen molar-refractivity contribution in [3.8, 4) is 0 Å². The molecule has 1 amide bonds. The smallest absolute Gasteiger partial charge is 0.233 e. The Morgan fingerprint density at radius 3 is 2.73 bits per heavy atom. The average Bonchev–Trinajstić information content (AvgIpc) is 2.53. The quantitative estimate of drug-likeness (QED) is 0.879. The molecular weight excluding hydrogens is 255 g/mol. The van der Waals surface area contributed by atoms with Gasteiger partial charge < -0.3 is 10.6 Å². The maximum Gasteiger partial charge on any atom is 0.233 e. The van der Waals surface area contributed by atoms with Gasteiger partial charge in [-0.05, 0) is 18.6 Å². The second-order valence-corrected chi connectivity index (χ2v) is 5.34. The molecule has 0 saturated carbocycles. The Morgan fingerprint density at radius 2 is 2.27 bits per heavy atom. The largest absolute Gasteiger partial charge is 0.358 e. The molecule has 6 heteroatoms. The Bertz CT molecular complexity index is 354. The summed E-state index contributed by atoms with van der Waals surface area (Å²) in [5, 5.41) is 5.59. The lowest BCUT2D eigenvalue weighted by Gasteiger charge is -2.12. The van der Waals surface area contributed by atoms with Crippen molar-refractivity contribution in [3.63, 3.8) is 0 Å². The third-order valence-corrected chi connectivity index (χ3v) is 3.52. The monoisotopic (exact) mass is 266 g/mol. The van der Waals surface area contributed by atoms with Crippen molar-refractivity contribution in [2.45, 2.75) is 13.0 Å². The number of halogens is 2. The van der Waals surface area contributed by atoms with Crippen molar-refractivity contribution < 1.29 is 4.79 Å². The zero-order valence-corrected chi connectivity index (χ0v) is 10.8. The SMILES string of the molecule is CNC(=O)CNC(C)c1cc(Cl)sc1Cl. The maximum absolute atomic E-state index is 11.0. The Kier molecular flexibility index (Phi) is 4.86. The number of hydrogen-bond acceptors (Lipinski definition) is 3. The highest BCUT2D eigenvalue weighted by Crippen LogP contribution is 2.34. The standard InChI is InChI=1S/C9H12Cl2N2OS/c1-5(13-4-8(14)12-2)6-3-7(10)15-9(6)11/h3,5,13H,4H2,1-2H3,(H,12,14). The van der Waals surface area contributed by atoms with E-state index in [9.17, 15) is 4.79 Å². The number of nitrogens with one attached hydrogen (secondary N) is 2. The summed E-state index contributed by atoms with van der Waals surface area (Å²) in [7, 11) is 1.60. The van der Waals surface area contributed by atoms with Gasteiger partial charge in [0.05, 0.1) is 15.2 Å². The van der Waals surface area contributed by atoms with E-state index in [0.29, 0.717) is 8.67 Å². The normalized spacial score (nSPS) is 12.5. The van der Waals surface area contributed by atoms with Crippen LogP contribution in [-0.4, -0.2) is 19.5 Å². The fraction of sp³-hybridized carbons (Fsp3) is 0.444. The Labute approximate surface area is 103 Å². The highest BCUT2D eigenvalue weighted by molar-refractivity contribution is 7.20. The summed E-state index contributed by atoms with van der Waals surface area (Å²) in [6, 6.07) is 1.83. The molecule has 0 bridgehead atoms. The first-order valence-corrected chi connectivity index (χ1v) is 6.00. The van der Waals surface area contributed by atoms with Gasteiger partial charge in [-0.1, -0.05) is 23.2 Å². The van der Waals surface area contributed by atoms with E-state index in [-0.39, 0.29) is 18.5 Å². The fourth-order valence-electron chi connectivity index (χ4n) is 1.09. The van der Waals surface area contributed by atoms with E-state index in [0.717, 1.165) is 5.56 Å². The van der Waals surface area contributed by atoms with E-state index in [4.69, 9.17) is 23.2 Å². The number of hydrogen-bond donors (Lipinski definition) is 2. The molecule has 3 nitrogen and oxygen atoms in total. The first-order chi connectivity index (χ1) is 7.04. The predicted molar refractivity (Wildman–Crippen MR) is 64.8 cm³/mol. The first-order valence-electron chi connectivity index (χ1n) is 4.43. The Hall–Kier alpha value is -0.290. The van der Waals surface area contributed by atoms with Gasteiger partial charge in [0.2, 0.25) is 5.91 Å². The summed E-state index contributed by atoms with van der Waals surface area (Å²) in [5.74, 6) is -0.0562. The minimum Gasteiger partial charge on any atom is -0.358 e. The van der Waals surface area contributed by atoms with Gasteiger partial charge >= 0.3 is 0 Å². The summed E-state index contributed by atoms with van der Waals surface area (Å²) in [6.45, 7) is 2.20. The van der Waals surface area contributed by atoms with Crippen LogP contribution in [0.1, 0.15) is 18.5 Å². The third kappa shape index (κ3) is 3.65. The molecule has 0 fully saturated rings. The topological polar surface area (TPSA) is 41.1 Å². The summed E-state index contributed by atoms with van der Waals surface area (Å²) >= 11 is 13.1. The van der Waals surface area contributed by atoms with Crippen LogP contribution in [0.4, 0.5) is 0 Å². The molecular formula is C9H12Cl2N2OS. The summed E-state index contributed by atoms with van der Waals surface area (Å²) in [6.07, 6.45) is 0. The van der Waals surface area contributed by atoms with E-state index in [1.807, 2.05) is 13.0 Å². The van der Waals surface area contributed by atoms with Crippen LogP contribution in [0.25, 0.3) is 0 Å². The minimum absolute atomic E-state index is 0.0125. The predicted octanol–water partition coefficient (Wildman–Crippen LogP) is 2.45. The van der Waals surface area contributed by atoms with Crippen LogP contribution >= 0.6 is 34.5 Å². The molecule has 0 aliphatic rings. The Balaban J connectivity index is 2.57. The van der Waals surface area contributed by atoms with Gasteiger partial charge in [0.25, 0.3) is 0 Å². The number of carbonyl (C=O) groups excluding carboxylic acids is 1. The molecule has 2 N–H and O–H groups in total. The van der Waals surface area contributed by atoms with Gasteiger partial charge in [0.1, 0.15) is 0 Å². The number of carbonyl (C=O) groups is 1. The third-order valence-electron chi connectivity index (χ3n) is 2.00.